The molecule has 10 heteroatoms. The standard InChI is InChI=1S/C24H24NO4PS2.2Na/c1-31-24(32-17-9-16-29-30(26,27)28)23-19-12-5-7-14-21(19)25(18-10-3-2-4-11-18)22-15-8-6-13-20(22)23;;/h2-8,10-15H,9,16-17H2,1H3,(H2,26,27,28);;/q;2*+1/p-2. The van der Waals surface area contributed by atoms with Crippen LogP contribution in [0.5, 0.6) is 0 Å². The molecule has 0 N–H and O–H groups in total. The van der Waals surface area contributed by atoms with Gasteiger partial charge in [-0.2, -0.15) is 0 Å². The monoisotopic (exact) mass is 529 g/mol. The maximum atomic E-state index is 10.7. The van der Waals surface area contributed by atoms with Crippen molar-refractivity contribution in [1.29, 1.82) is 0 Å². The molecule has 0 amide bonds. The van der Waals surface area contributed by atoms with Gasteiger partial charge in [0.1, 0.15) is 0 Å². The van der Waals surface area contributed by atoms with E-state index in [1.807, 2.05) is 48.7 Å². The van der Waals surface area contributed by atoms with Gasteiger partial charge in [0, 0.05) is 32.4 Å². The van der Waals surface area contributed by atoms with Crippen molar-refractivity contribution >= 4 is 54.0 Å². The number of phosphoric ester groups is 1. The molecule has 1 aliphatic heterocycles. The largest absolute Gasteiger partial charge is 1.00 e. The number of rotatable bonds is 8. The number of thioether (sulfide) groups is 2. The van der Waals surface area contributed by atoms with Gasteiger partial charge in [0.2, 0.25) is 0 Å². The SMILES string of the molecule is CSC(SCCCOP(=O)([O-])[O-])=C1c2ccccc2N(c2ccccc2)c2ccccc21.[Na+].[Na+]. The first-order valence-corrected chi connectivity index (χ1v) is 13.8. The first-order chi connectivity index (χ1) is 15.5. The number of hydrogen-bond acceptors (Lipinski definition) is 7. The van der Waals surface area contributed by atoms with Gasteiger partial charge in [-0.1, -0.05) is 54.6 Å². The Kier molecular flexibility index (Phi) is 12.5. The molecule has 0 aliphatic carbocycles. The first kappa shape index (κ1) is 30.2. The molecule has 3 aromatic carbocycles. The number of hydrogen-bond donors (Lipinski definition) is 0. The van der Waals surface area contributed by atoms with Crippen LogP contribution in [0.1, 0.15) is 17.5 Å². The predicted molar refractivity (Wildman–Crippen MR) is 131 cm³/mol. The van der Waals surface area contributed by atoms with Gasteiger partial charge in [-0.3, -0.25) is 0 Å². The molecule has 0 spiro atoms. The number of phosphoric acid groups is 1. The molecule has 1 heterocycles. The van der Waals surface area contributed by atoms with E-state index in [4.69, 9.17) is 0 Å². The van der Waals surface area contributed by atoms with E-state index in [1.165, 1.54) is 5.57 Å². The summed E-state index contributed by atoms with van der Waals surface area (Å²) >= 11 is 3.32. The summed E-state index contributed by atoms with van der Waals surface area (Å²) in [6, 6.07) is 27.1. The third kappa shape index (κ3) is 7.28. The van der Waals surface area contributed by atoms with Gasteiger partial charge in [0.15, 0.2) is 0 Å². The Labute approximate surface area is 253 Å². The minimum Gasteiger partial charge on any atom is -0.790 e. The summed E-state index contributed by atoms with van der Waals surface area (Å²) in [7, 11) is -4.92. The maximum Gasteiger partial charge on any atom is 1.00 e. The zero-order chi connectivity index (χ0) is 22.6. The van der Waals surface area contributed by atoms with Crippen LogP contribution in [0.3, 0.4) is 0 Å². The normalized spacial score (nSPS) is 12.2. The number of para-hydroxylation sites is 3. The fourth-order valence-electron chi connectivity index (χ4n) is 3.74. The molecule has 3 aromatic rings. The van der Waals surface area contributed by atoms with Crippen LogP contribution in [0, 0.1) is 0 Å². The summed E-state index contributed by atoms with van der Waals surface area (Å²) in [5.41, 5.74) is 6.78. The fourth-order valence-corrected chi connectivity index (χ4v) is 6.05. The van der Waals surface area contributed by atoms with Crippen molar-refractivity contribution in [2.45, 2.75) is 6.42 Å². The van der Waals surface area contributed by atoms with Crippen LogP contribution in [0.2, 0.25) is 0 Å². The molecule has 166 valence electrons. The van der Waals surface area contributed by atoms with E-state index in [-0.39, 0.29) is 65.7 Å². The van der Waals surface area contributed by atoms with Crippen LogP contribution in [0.25, 0.3) is 5.57 Å². The van der Waals surface area contributed by atoms with E-state index in [9.17, 15) is 14.4 Å². The van der Waals surface area contributed by atoms with Crippen molar-refractivity contribution < 1.29 is 78.0 Å². The van der Waals surface area contributed by atoms with Crippen LogP contribution in [-0.2, 0) is 9.09 Å². The van der Waals surface area contributed by atoms with Gasteiger partial charge in [-0.05, 0) is 36.9 Å². The van der Waals surface area contributed by atoms with Crippen molar-refractivity contribution in [1.82, 2.24) is 0 Å². The van der Waals surface area contributed by atoms with Crippen molar-refractivity contribution in [2.75, 3.05) is 23.5 Å². The first-order valence-electron chi connectivity index (χ1n) is 10.1. The van der Waals surface area contributed by atoms with Gasteiger partial charge < -0.3 is 23.8 Å². The topological polar surface area (TPSA) is 75.7 Å². The molecule has 0 radical (unpaired) electrons. The van der Waals surface area contributed by atoms with Crippen LogP contribution in [0.4, 0.5) is 17.1 Å². The quantitative estimate of drug-likeness (QED) is 0.174. The average Bonchev–Trinajstić information content (AvgIpc) is 2.80. The van der Waals surface area contributed by atoms with Crippen LogP contribution in [0.15, 0.2) is 83.1 Å². The van der Waals surface area contributed by atoms with Crippen molar-refractivity contribution in [3.05, 3.63) is 94.2 Å². The molecule has 0 atom stereocenters. The number of nitrogens with zero attached hydrogens (tertiary/aromatic N) is 1. The van der Waals surface area contributed by atoms with Crippen LogP contribution >= 0.6 is 31.3 Å². The van der Waals surface area contributed by atoms with Gasteiger partial charge in [-0.25, -0.2) is 0 Å². The smallest absolute Gasteiger partial charge is 0.790 e. The molecular weight excluding hydrogens is 507 g/mol. The third-order valence-corrected chi connectivity index (χ3v) is 7.89. The van der Waals surface area contributed by atoms with Crippen molar-refractivity contribution in [3.8, 4) is 0 Å². The Morgan fingerprint density at radius 3 is 1.94 bits per heavy atom. The molecule has 0 fully saturated rings. The zero-order valence-corrected chi connectivity index (χ0v) is 26.0. The summed E-state index contributed by atoms with van der Waals surface area (Å²) in [6.07, 6.45) is 2.51. The number of benzene rings is 3. The minimum atomic E-state index is -4.92. The molecule has 34 heavy (non-hydrogen) atoms. The fraction of sp³-hybridized carbons (Fsp3) is 0.167. The molecular formula is C24H22NNa2O4PS2. The second-order valence-electron chi connectivity index (χ2n) is 7.05. The third-order valence-electron chi connectivity index (χ3n) is 5.00. The molecule has 0 saturated carbocycles. The summed E-state index contributed by atoms with van der Waals surface area (Å²) in [4.78, 5) is 23.6. The zero-order valence-electron chi connectivity index (χ0n) is 19.5. The van der Waals surface area contributed by atoms with Gasteiger partial charge >= 0.3 is 59.1 Å². The van der Waals surface area contributed by atoms with Crippen molar-refractivity contribution in [2.24, 2.45) is 0 Å². The van der Waals surface area contributed by atoms with E-state index < -0.39 is 7.82 Å². The summed E-state index contributed by atoms with van der Waals surface area (Å²) in [5, 5.41) is 0. The Bertz CT molecular complexity index is 1120. The molecule has 4 rings (SSSR count). The molecule has 0 aromatic heterocycles. The summed E-state index contributed by atoms with van der Waals surface area (Å²) in [6.45, 7) is -0.0940. The minimum absolute atomic E-state index is 0. The van der Waals surface area contributed by atoms with Gasteiger partial charge in [0.05, 0.1) is 25.8 Å². The van der Waals surface area contributed by atoms with E-state index in [0.717, 1.165) is 32.4 Å². The second kappa shape index (κ2) is 14.1. The predicted octanol–water partition coefficient (Wildman–Crippen LogP) is -0.474. The molecule has 0 unspecified atom stereocenters. The average molecular weight is 530 g/mol. The van der Waals surface area contributed by atoms with Crippen LogP contribution in [-0.4, -0.2) is 18.6 Å². The van der Waals surface area contributed by atoms with Gasteiger partial charge in [-0.15, -0.1) is 23.5 Å². The van der Waals surface area contributed by atoms with E-state index >= 15 is 0 Å². The molecule has 5 nitrogen and oxygen atoms in total. The van der Waals surface area contributed by atoms with Crippen LogP contribution < -0.4 is 73.8 Å². The number of fused-ring (bicyclic) bond motifs is 2. The van der Waals surface area contributed by atoms with E-state index in [0.29, 0.717) is 12.2 Å². The van der Waals surface area contributed by atoms with E-state index in [2.05, 4.69) is 45.8 Å². The summed E-state index contributed by atoms with van der Waals surface area (Å²) < 4.78 is 16.2. The Morgan fingerprint density at radius 2 is 1.41 bits per heavy atom. The Hall–Kier alpha value is 0.0100. The van der Waals surface area contributed by atoms with Gasteiger partial charge in [0.25, 0.3) is 0 Å². The summed E-state index contributed by atoms with van der Waals surface area (Å²) in [5.74, 6) is 0.645. The number of anilines is 3. The molecule has 1 aliphatic rings. The van der Waals surface area contributed by atoms with Crippen molar-refractivity contribution in [3.63, 3.8) is 0 Å². The Morgan fingerprint density at radius 1 is 0.882 bits per heavy atom. The molecule has 0 saturated heterocycles. The van der Waals surface area contributed by atoms with E-state index in [1.54, 1.807) is 23.5 Å². The Balaban J connectivity index is 0.00000204. The maximum absolute atomic E-state index is 10.7. The second-order valence-corrected chi connectivity index (χ2v) is 10.4. The molecule has 0 bridgehead atoms.